The molecule has 0 saturated heterocycles. The highest BCUT2D eigenvalue weighted by molar-refractivity contribution is 9.11. The molecule has 0 amide bonds. The molecule has 1 aliphatic rings. The Labute approximate surface area is 119 Å². The van der Waals surface area contributed by atoms with Gasteiger partial charge in [-0.15, -0.1) is 11.3 Å². The lowest BCUT2D eigenvalue weighted by Gasteiger charge is -2.07. The number of hydrogen-bond acceptors (Lipinski definition) is 4. The Morgan fingerprint density at radius 1 is 1.44 bits per heavy atom. The molecular formula is C13H14BrN3S. The van der Waals surface area contributed by atoms with Crippen molar-refractivity contribution in [3.05, 3.63) is 33.4 Å². The van der Waals surface area contributed by atoms with Crippen LogP contribution in [0.15, 0.2) is 22.1 Å². The summed E-state index contributed by atoms with van der Waals surface area (Å²) in [5, 5.41) is 3.50. The lowest BCUT2D eigenvalue weighted by molar-refractivity contribution is 0.670. The number of rotatable bonds is 4. The van der Waals surface area contributed by atoms with E-state index in [4.69, 9.17) is 0 Å². The van der Waals surface area contributed by atoms with E-state index in [0.717, 1.165) is 32.3 Å². The third-order valence-corrected chi connectivity index (χ3v) is 4.63. The maximum absolute atomic E-state index is 4.67. The van der Waals surface area contributed by atoms with E-state index in [2.05, 4.69) is 44.2 Å². The van der Waals surface area contributed by atoms with Gasteiger partial charge < -0.3 is 5.32 Å². The molecule has 3 rings (SSSR count). The zero-order valence-corrected chi connectivity index (χ0v) is 12.5. The van der Waals surface area contributed by atoms with Gasteiger partial charge in [-0.2, -0.15) is 0 Å². The highest BCUT2D eigenvalue weighted by atomic mass is 79.9. The molecule has 0 atom stereocenters. The van der Waals surface area contributed by atoms with Gasteiger partial charge in [-0.1, -0.05) is 0 Å². The summed E-state index contributed by atoms with van der Waals surface area (Å²) >= 11 is 5.13. The largest absolute Gasteiger partial charge is 0.308 e. The first-order chi connectivity index (χ1) is 8.72. The van der Waals surface area contributed by atoms with Gasteiger partial charge in [0.05, 0.1) is 14.4 Å². The van der Waals surface area contributed by atoms with Crippen molar-refractivity contribution < 1.29 is 0 Å². The molecule has 1 aliphatic carbocycles. The van der Waals surface area contributed by atoms with Crippen LogP contribution in [0.25, 0.3) is 10.7 Å². The van der Waals surface area contributed by atoms with E-state index in [-0.39, 0.29) is 0 Å². The van der Waals surface area contributed by atoms with Gasteiger partial charge in [0.2, 0.25) is 0 Å². The second-order valence-electron chi connectivity index (χ2n) is 4.58. The van der Waals surface area contributed by atoms with Crippen molar-refractivity contribution in [3.63, 3.8) is 0 Å². The van der Waals surface area contributed by atoms with Crippen LogP contribution in [0.2, 0.25) is 0 Å². The van der Waals surface area contributed by atoms with Gasteiger partial charge >= 0.3 is 0 Å². The summed E-state index contributed by atoms with van der Waals surface area (Å²) in [4.78, 5) is 10.2. The molecule has 2 aromatic rings. The highest BCUT2D eigenvalue weighted by Gasteiger charge is 2.20. The molecular weight excluding hydrogens is 310 g/mol. The van der Waals surface area contributed by atoms with Crippen molar-refractivity contribution in [3.8, 4) is 10.7 Å². The molecule has 1 saturated carbocycles. The zero-order valence-electron chi connectivity index (χ0n) is 10.1. The second kappa shape index (κ2) is 5.07. The van der Waals surface area contributed by atoms with Crippen molar-refractivity contribution in [1.82, 2.24) is 15.3 Å². The van der Waals surface area contributed by atoms with Gasteiger partial charge in [0.15, 0.2) is 5.82 Å². The van der Waals surface area contributed by atoms with E-state index in [9.17, 15) is 0 Å². The van der Waals surface area contributed by atoms with Gasteiger partial charge in [-0.05, 0) is 53.4 Å². The molecule has 3 nitrogen and oxygen atoms in total. The lowest BCUT2D eigenvalue weighted by atomic mass is 10.2. The number of halogens is 1. The Balaban J connectivity index is 1.84. The Bertz CT molecular complexity index is 563. The number of aryl methyl sites for hydroxylation is 1. The van der Waals surface area contributed by atoms with Crippen LogP contribution >= 0.6 is 27.3 Å². The fourth-order valence-corrected chi connectivity index (χ4v) is 3.07. The minimum atomic E-state index is 0.707. The van der Waals surface area contributed by atoms with Gasteiger partial charge in [0.25, 0.3) is 0 Å². The minimum absolute atomic E-state index is 0.707. The molecule has 2 heterocycles. The summed E-state index contributed by atoms with van der Waals surface area (Å²) in [6.07, 6.45) is 4.52. The van der Waals surface area contributed by atoms with Crippen LogP contribution in [0.3, 0.4) is 0 Å². The molecule has 5 heteroatoms. The predicted molar refractivity (Wildman–Crippen MR) is 77.6 cm³/mol. The Hall–Kier alpha value is -0.780. The molecule has 0 spiro atoms. The van der Waals surface area contributed by atoms with Gasteiger partial charge in [0.1, 0.15) is 0 Å². The summed E-state index contributed by atoms with van der Waals surface area (Å²) in [5.41, 5.74) is 2.26. The second-order valence-corrected chi connectivity index (χ2v) is 7.05. The summed E-state index contributed by atoms with van der Waals surface area (Å²) in [6, 6.07) is 4.79. The topological polar surface area (TPSA) is 37.8 Å². The molecule has 0 unspecified atom stereocenters. The summed E-state index contributed by atoms with van der Waals surface area (Å²) in [5.74, 6) is 0.823. The van der Waals surface area contributed by atoms with Crippen LogP contribution in [0, 0.1) is 6.92 Å². The molecule has 0 bridgehead atoms. The van der Waals surface area contributed by atoms with Crippen molar-refractivity contribution in [2.75, 3.05) is 0 Å². The quantitative estimate of drug-likeness (QED) is 0.935. The lowest BCUT2D eigenvalue weighted by Crippen LogP contribution is -2.17. The first kappa shape index (κ1) is 12.3. The standard InChI is InChI=1S/C13H14BrN3S/c1-8-6-16-13(11-4-5-12(14)18-11)17-10(8)7-15-9-2-3-9/h4-6,9,15H,2-3,7H2,1H3. The van der Waals surface area contributed by atoms with Gasteiger partial charge in [-0.25, -0.2) is 9.97 Å². The number of hydrogen-bond donors (Lipinski definition) is 1. The average molecular weight is 324 g/mol. The smallest absolute Gasteiger partial charge is 0.169 e. The molecule has 1 fully saturated rings. The molecule has 0 aliphatic heterocycles. The van der Waals surface area contributed by atoms with E-state index in [0.29, 0.717) is 6.04 Å². The number of nitrogens with zero attached hydrogens (tertiary/aromatic N) is 2. The monoisotopic (exact) mass is 323 g/mol. The Morgan fingerprint density at radius 3 is 2.94 bits per heavy atom. The predicted octanol–water partition coefficient (Wildman–Crippen LogP) is 3.53. The van der Waals surface area contributed by atoms with Crippen LogP contribution in [0.1, 0.15) is 24.1 Å². The van der Waals surface area contributed by atoms with E-state index in [1.54, 1.807) is 11.3 Å². The maximum atomic E-state index is 4.67. The first-order valence-corrected chi connectivity index (χ1v) is 7.65. The van der Waals surface area contributed by atoms with Crippen LogP contribution in [0.5, 0.6) is 0 Å². The van der Waals surface area contributed by atoms with E-state index < -0.39 is 0 Å². The van der Waals surface area contributed by atoms with E-state index in [1.165, 1.54) is 12.8 Å². The fourth-order valence-electron chi connectivity index (χ4n) is 1.74. The third-order valence-electron chi connectivity index (χ3n) is 3.01. The van der Waals surface area contributed by atoms with E-state index in [1.807, 2.05) is 12.3 Å². The van der Waals surface area contributed by atoms with Crippen LogP contribution in [-0.2, 0) is 6.54 Å². The number of nitrogens with one attached hydrogen (secondary N) is 1. The van der Waals surface area contributed by atoms with Crippen LogP contribution < -0.4 is 5.32 Å². The van der Waals surface area contributed by atoms with E-state index >= 15 is 0 Å². The normalized spacial score (nSPS) is 15.0. The fraction of sp³-hybridized carbons (Fsp3) is 0.385. The Kier molecular flexibility index (Phi) is 3.46. The number of thiophene rings is 1. The molecule has 2 aromatic heterocycles. The summed E-state index contributed by atoms with van der Waals surface area (Å²) < 4.78 is 1.11. The highest BCUT2D eigenvalue weighted by Crippen LogP contribution is 2.29. The van der Waals surface area contributed by atoms with Crippen LogP contribution in [0.4, 0.5) is 0 Å². The molecule has 18 heavy (non-hydrogen) atoms. The molecule has 94 valence electrons. The zero-order chi connectivity index (χ0) is 12.5. The molecule has 0 aromatic carbocycles. The first-order valence-electron chi connectivity index (χ1n) is 6.04. The molecule has 0 radical (unpaired) electrons. The van der Waals surface area contributed by atoms with Crippen molar-refractivity contribution in [1.29, 1.82) is 0 Å². The van der Waals surface area contributed by atoms with Gasteiger partial charge in [-0.3, -0.25) is 0 Å². The summed E-state index contributed by atoms with van der Waals surface area (Å²) in [7, 11) is 0. The van der Waals surface area contributed by atoms with Crippen LogP contribution in [-0.4, -0.2) is 16.0 Å². The third kappa shape index (κ3) is 2.79. The van der Waals surface area contributed by atoms with Gasteiger partial charge in [0, 0.05) is 18.8 Å². The minimum Gasteiger partial charge on any atom is -0.308 e. The average Bonchev–Trinajstić information content (AvgIpc) is 3.09. The van der Waals surface area contributed by atoms with Crippen molar-refractivity contribution in [2.45, 2.75) is 32.4 Å². The van der Waals surface area contributed by atoms with Crippen molar-refractivity contribution in [2.24, 2.45) is 0 Å². The Morgan fingerprint density at radius 2 is 2.28 bits per heavy atom. The van der Waals surface area contributed by atoms with Crippen molar-refractivity contribution >= 4 is 27.3 Å². The summed E-state index contributed by atoms with van der Waals surface area (Å²) in [6.45, 7) is 2.91. The maximum Gasteiger partial charge on any atom is 0.169 e. The molecule has 1 N–H and O–H groups in total. The number of aromatic nitrogens is 2. The SMILES string of the molecule is Cc1cnc(-c2ccc(Br)s2)nc1CNC1CC1.